The summed E-state index contributed by atoms with van der Waals surface area (Å²) in [4.78, 5) is 5.41. The highest BCUT2D eigenvalue weighted by Gasteiger charge is 2.02. The van der Waals surface area contributed by atoms with Crippen LogP contribution in [-0.4, -0.2) is 11.5 Å². The van der Waals surface area contributed by atoms with Gasteiger partial charge in [0.15, 0.2) is 0 Å². The Morgan fingerprint density at radius 2 is 2.33 bits per heavy atom. The van der Waals surface area contributed by atoms with Crippen LogP contribution in [0.25, 0.3) is 0 Å². The summed E-state index contributed by atoms with van der Waals surface area (Å²) in [6, 6.07) is 7.75. The molecule has 0 aromatic carbocycles. The maximum absolute atomic E-state index is 8.71. The molecular weight excluding hydrogens is 312 g/mol. The van der Waals surface area contributed by atoms with E-state index in [0.717, 1.165) is 16.8 Å². The van der Waals surface area contributed by atoms with E-state index in [9.17, 15) is 0 Å². The third-order valence-electron chi connectivity index (χ3n) is 2.34. The Bertz CT molecular complexity index is 588. The number of anilines is 2. The number of nitrogens with two attached hydrogens (primary N) is 1. The molecule has 0 spiro atoms. The van der Waals surface area contributed by atoms with Crippen molar-refractivity contribution in [3.63, 3.8) is 0 Å². The molecule has 2 aromatic heterocycles. The molecule has 0 aliphatic carbocycles. The Kier molecular flexibility index (Phi) is 4.18. The molecule has 0 saturated carbocycles. The minimum absolute atomic E-state index is 0.472. The predicted octanol–water partition coefficient (Wildman–Crippen LogP) is 3.01. The molecule has 0 atom stereocenters. The van der Waals surface area contributed by atoms with Crippen molar-refractivity contribution in [1.82, 2.24) is 4.98 Å². The van der Waals surface area contributed by atoms with Crippen molar-refractivity contribution in [2.75, 3.05) is 17.6 Å². The zero-order valence-corrected chi connectivity index (χ0v) is 11.9. The largest absolute Gasteiger partial charge is 0.396 e. The van der Waals surface area contributed by atoms with Crippen LogP contribution in [0, 0.1) is 11.3 Å². The summed E-state index contributed by atoms with van der Waals surface area (Å²) in [6.45, 7) is 0.760. The van der Waals surface area contributed by atoms with E-state index in [1.165, 1.54) is 11.1 Å². The first-order valence-electron chi connectivity index (χ1n) is 5.33. The fourth-order valence-electron chi connectivity index (χ4n) is 1.48. The highest BCUT2D eigenvalue weighted by Crippen LogP contribution is 2.22. The number of nitrogen functional groups attached to an aromatic ring is 1. The van der Waals surface area contributed by atoms with E-state index in [4.69, 9.17) is 11.0 Å². The molecule has 0 aliphatic heterocycles. The third kappa shape index (κ3) is 3.22. The van der Waals surface area contributed by atoms with Crippen LogP contribution >= 0.6 is 27.3 Å². The van der Waals surface area contributed by atoms with Gasteiger partial charge < -0.3 is 11.1 Å². The highest BCUT2D eigenvalue weighted by molar-refractivity contribution is 9.11. The normalized spacial score (nSPS) is 10.0. The third-order valence-corrected chi connectivity index (χ3v) is 4.02. The zero-order chi connectivity index (χ0) is 13.0. The lowest BCUT2D eigenvalue weighted by atomic mass is 10.2. The second-order valence-electron chi connectivity index (χ2n) is 3.66. The van der Waals surface area contributed by atoms with E-state index >= 15 is 0 Å². The first-order valence-corrected chi connectivity index (χ1v) is 6.93. The van der Waals surface area contributed by atoms with Crippen molar-refractivity contribution in [1.29, 1.82) is 5.26 Å². The van der Waals surface area contributed by atoms with Gasteiger partial charge in [0.05, 0.1) is 15.0 Å². The van der Waals surface area contributed by atoms with Crippen LogP contribution in [0.2, 0.25) is 0 Å². The molecule has 2 aromatic rings. The Morgan fingerprint density at radius 1 is 1.50 bits per heavy atom. The van der Waals surface area contributed by atoms with E-state index in [-0.39, 0.29) is 0 Å². The lowest BCUT2D eigenvalue weighted by molar-refractivity contribution is 1.03. The van der Waals surface area contributed by atoms with Gasteiger partial charge in [0, 0.05) is 17.6 Å². The number of hydrogen-bond acceptors (Lipinski definition) is 5. The fraction of sp³-hybridized carbons (Fsp3) is 0.167. The molecule has 0 fully saturated rings. The average molecular weight is 323 g/mol. The molecule has 3 N–H and O–H groups in total. The maximum Gasteiger partial charge on any atom is 0.149 e. The fourth-order valence-corrected chi connectivity index (χ4v) is 2.96. The van der Waals surface area contributed by atoms with E-state index in [1.807, 2.05) is 12.1 Å². The van der Waals surface area contributed by atoms with Crippen LogP contribution in [0.4, 0.5) is 11.5 Å². The number of nitrogens with one attached hydrogen (secondary N) is 1. The number of hydrogen-bond donors (Lipinski definition) is 2. The number of nitrogens with zero attached hydrogens (tertiary/aromatic N) is 2. The van der Waals surface area contributed by atoms with Gasteiger partial charge >= 0.3 is 0 Å². The summed E-state index contributed by atoms with van der Waals surface area (Å²) in [7, 11) is 0. The Balaban J connectivity index is 1.92. The standard InChI is InChI=1S/C12H11BrN4S/c13-11-2-1-9(18-11)3-4-16-12-10(15)5-8(6-14)7-17-12/h1-2,5,7H,3-4,15H2,(H,16,17). The monoisotopic (exact) mass is 322 g/mol. The summed E-state index contributed by atoms with van der Waals surface area (Å²) < 4.78 is 1.13. The minimum Gasteiger partial charge on any atom is -0.396 e. The predicted molar refractivity (Wildman–Crippen MR) is 77.6 cm³/mol. The molecule has 0 aliphatic rings. The van der Waals surface area contributed by atoms with Crippen LogP contribution in [0.1, 0.15) is 10.4 Å². The number of pyridine rings is 1. The van der Waals surface area contributed by atoms with Gasteiger partial charge in [0.25, 0.3) is 0 Å². The molecule has 4 nitrogen and oxygen atoms in total. The second-order valence-corrected chi connectivity index (χ2v) is 6.20. The molecule has 0 bridgehead atoms. The summed E-state index contributed by atoms with van der Waals surface area (Å²) in [5, 5.41) is 11.9. The molecule has 18 heavy (non-hydrogen) atoms. The van der Waals surface area contributed by atoms with E-state index in [1.54, 1.807) is 17.4 Å². The van der Waals surface area contributed by atoms with Crippen molar-refractivity contribution >= 4 is 38.8 Å². The van der Waals surface area contributed by atoms with E-state index in [2.05, 4.69) is 32.3 Å². The maximum atomic E-state index is 8.71. The topological polar surface area (TPSA) is 74.7 Å². The van der Waals surface area contributed by atoms with Crippen LogP contribution in [0.5, 0.6) is 0 Å². The van der Waals surface area contributed by atoms with E-state index < -0.39 is 0 Å². The lowest BCUT2D eigenvalue weighted by Gasteiger charge is -2.07. The van der Waals surface area contributed by atoms with Crippen molar-refractivity contribution in [2.24, 2.45) is 0 Å². The van der Waals surface area contributed by atoms with Crippen molar-refractivity contribution < 1.29 is 0 Å². The van der Waals surface area contributed by atoms with Crippen molar-refractivity contribution in [3.05, 3.63) is 38.6 Å². The molecule has 0 unspecified atom stereocenters. The Morgan fingerprint density at radius 3 is 2.94 bits per heavy atom. The molecule has 6 heteroatoms. The summed E-state index contributed by atoms with van der Waals surface area (Å²) >= 11 is 5.15. The zero-order valence-electron chi connectivity index (χ0n) is 9.48. The van der Waals surface area contributed by atoms with Gasteiger partial charge in [-0.05, 0) is 40.5 Å². The Hall–Kier alpha value is -1.58. The quantitative estimate of drug-likeness (QED) is 0.907. The second kappa shape index (κ2) is 5.85. The molecule has 0 radical (unpaired) electrons. The molecular formula is C12H11BrN4S. The number of nitriles is 1. The molecule has 2 heterocycles. The first kappa shape index (κ1) is 12.9. The van der Waals surface area contributed by atoms with Gasteiger partial charge in [0.2, 0.25) is 0 Å². The number of thiophene rings is 1. The van der Waals surface area contributed by atoms with Gasteiger partial charge in [-0.1, -0.05) is 0 Å². The summed E-state index contributed by atoms with van der Waals surface area (Å²) in [5.74, 6) is 0.629. The van der Waals surface area contributed by atoms with Crippen LogP contribution in [-0.2, 0) is 6.42 Å². The molecule has 0 amide bonds. The van der Waals surface area contributed by atoms with Crippen LogP contribution in [0.3, 0.4) is 0 Å². The average Bonchev–Trinajstić information content (AvgIpc) is 2.77. The van der Waals surface area contributed by atoms with Crippen molar-refractivity contribution in [2.45, 2.75) is 6.42 Å². The minimum atomic E-state index is 0.472. The van der Waals surface area contributed by atoms with Crippen molar-refractivity contribution in [3.8, 4) is 6.07 Å². The van der Waals surface area contributed by atoms with Gasteiger partial charge in [-0.25, -0.2) is 4.98 Å². The van der Waals surface area contributed by atoms with Gasteiger partial charge in [-0.3, -0.25) is 0 Å². The Labute approximate surface area is 118 Å². The molecule has 0 saturated heterocycles. The van der Waals surface area contributed by atoms with Gasteiger partial charge in [-0.2, -0.15) is 5.26 Å². The molecule has 2 rings (SSSR count). The lowest BCUT2D eigenvalue weighted by Crippen LogP contribution is -2.08. The van der Waals surface area contributed by atoms with Gasteiger partial charge in [-0.15, -0.1) is 11.3 Å². The van der Waals surface area contributed by atoms with Crippen LogP contribution in [0.15, 0.2) is 28.2 Å². The SMILES string of the molecule is N#Cc1cnc(NCCc2ccc(Br)s2)c(N)c1. The molecule has 92 valence electrons. The van der Waals surface area contributed by atoms with Crippen LogP contribution < -0.4 is 11.1 Å². The number of aromatic nitrogens is 1. The number of rotatable bonds is 4. The van der Waals surface area contributed by atoms with E-state index in [0.29, 0.717) is 17.1 Å². The first-order chi connectivity index (χ1) is 8.69. The smallest absolute Gasteiger partial charge is 0.149 e. The van der Waals surface area contributed by atoms with Gasteiger partial charge in [0.1, 0.15) is 11.9 Å². The number of halogens is 1. The highest BCUT2D eigenvalue weighted by atomic mass is 79.9. The summed E-state index contributed by atoms with van der Waals surface area (Å²) in [5.41, 5.74) is 6.77. The summed E-state index contributed by atoms with van der Waals surface area (Å²) in [6.07, 6.45) is 2.43.